The first kappa shape index (κ1) is 24.3. The monoisotopic (exact) mass is 528 g/mol. The Balaban J connectivity index is 0.00000320. The number of hydrogen-bond acceptors (Lipinski definition) is 5. The van der Waals surface area contributed by atoms with Crippen molar-refractivity contribution >= 4 is 29.9 Å². The van der Waals surface area contributed by atoms with Gasteiger partial charge in [-0.15, -0.1) is 24.0 Å². The molecule has 3 rings (SSSR count). The van der Waals surface area contributed by atoms with Gasteiger partial charge < -0.3 is 20.1 Å². The quantitative estimate of drug-likeness (QED) is 0.296. The summed E-state index contributed by atoms with van der Waals surface area (Å²) in [6.07, 6.45) is 4.83. The molecule has 1 aliphatic heterocycles. The van der Waals surface area contributed by atoms with Crippen molar-refractivity contribution in [3.8, 4) is 11.5 Å². The maximum absolute atomic E-state index is 5.39. The molecule has 0 radical (unpaired) electrons. The second-order valence-electron chi connectivity index (χ2n) is 7.12. The average molecular weight is 528 g/mol. The zero-order valence-electron chi connectivity index (χ0n) is 18.0. The van der Waals surface area contributed by atoms with E-state index in [1.165, 1.54) is 5.56 Å². The second kappa shape index (κ2) is 12.6. The lowest BCUT2D eigenvalue weighted by atomic mass is 10.2. The maximum Gasteiger partial charge on any atom is 0.191 e. The Labute approximate surface area is 196 Å². The van der Waals surface area contributed by atoms with Gasteiger partial charge in [0.2, 0.25) is 0 Å². The van der Waals surface area contributed by atoms with Gasteiger partial charge in [-0.05, 0) is 37.1 Å². The molecule has 0 amide bonds. The van der Waals surface area contributed by atoms with Crippen LogP contribution in [0.5, 0.6) is 11.5 Å². The number of likely N-dealkylation sites (tertiary alicyclic amines) is 1. The molecular formula is C21H33IN6O2. The molecule has 1 aliphatic rings. The molecule has 8 nitrogen and oxygen atoms in total. The number of aliphatic imine (C=N–C) groups is 1. The van der Waals surface area contributed by atoms with Crippen molar-refractivity contribution in [3.63, 3.8) is 0 Å². The predicted octanol–water partition coefficient (Wildman–Crippen LogP) is 2.35. The highest BCUT2D eigenvalue weighted by atomic mass is 127. The minimum Gasteiger partial charge on any atom is -0.497 e. The predicted molar refractivity (Wildman–Crippen MR) is 130 cm³/mol. The van der Waals surface area contributed by atoms with Gasteiger partial charge in [-0.2, -0.15) is 5.10 Å². The van der Waals surface area contributed by atoms with E-state index in [1.54, 1.807) is 20.4 Å². The Morgan fingerprint density at radius 3 is 2.63 bits per heavy atom. The van der Waals surface area contributed by atoms with Crippen LogP contribution in [0.1, 0.15) is 18.9 Å². The lowest BCUT2D eigenvalue weighted by Gasteiger charge is -2.19. The van der Waals surface area contributed by atoms with E-state index in [1.807, 2.05) is 23.0 Å². The van der Waals surface area contributed by atoms with Crippen LogP contribution in [-0.4, -0.2) is 67.1 Å². The molecule has 1 aromatic carbocycles. The SMILES string of the molecule is CCNC(=NCCn1cccn1)NC1CCN(Cc2cc(OC)cc(OC)c2)C1.I. The normalized spacial score (nSPS) is 16.8. The van der Waals surface area contributed by atoms with E-state index in [0.29, 0.717) is 12.6 Å². The van der Waals surface area contributed by atoms with Gasteiger partial charge in [-0.25, -0.2) is 0 Å². The van der Waals surface area contributed by atoms with E-state index in [0.717, 1.165) is 56.6 Å². The minimum absolute atomic E-state index is 0. The first-order valence-corrected chi connectivity index (χ1v) is 10.2. The number of rotatable bonds is 9. The maximum atomic E-state index is 5.39. The fourth-order valence-electron chi connectivity index (χ4n) is 3.52. The Kier molecular flexibility index (Phi) is 10.2. The number of benzene rings is 1. The summed E-state index contributed by atoms with van der Waals surface area (Å²) in [4.78, 5) is 7.13. The van der Waals surface area contributed by atoms with Crippen molar-refractivity contribution in [2.45, 2.75) is 32.5 Å². The molecule has 1 atom stereocenters. The Hall–Kier alpha value is -2.01. The molecule has 0 aliphatic carbocycles. The summed E-state index contributed by atoms with van der Waals surface area (Å²) in [7, 11) is 3.37. The van der Waals surface area contributed by atoms with Crippen molar-refractivity contribution in [2.75, 3.05) is 40.4 Å². The lowest BCUT2D eigenvalue weighted by Crippen LogP contribution is -2.44. The molecule has 1 unspecified atom stereocenters. The first-order chi connectivity index (χ1) is 14.2. The molecule has 166 valence electrons. The molecule has 1 aromatic heterocycles. The van der Waals surface area contributed by atoms with Gasteiger partial charge in [-0.1, -0.05) is 0 Å². The summed E-state index contributed by atoms with van der Waals surface area (Å²) < 4.78 is 12.7. The van der Waals surface area contributed by atoms with Gasteiger partial charge in [0.1, 0.15) is 11.5 Å². The van der Waals surface area contributed by atoms with Crippen LogP contribution in [0.4, 0.5) is 0 Å². The lowest BCUT2D eigenvalue weighted by molar-refractivity contribution is 0.321. The van der Waals surface area contributed by atoms with E-state index in [4.69, 9.17) is 9.47 Å². The van der Waals surface area contributed by atoms with Crippen molar-refractivity contribution in [3.05, 3.63) is 42.2 Å². The molecule has 2 aromatic rings. The molecule has 0 bridgehead atoms. The summed E-state index contributed by atoms with van der Waals surface area (Å²) in [5.74, 6) is 2.52. The zero-order valence-corrected chi connectivity index (χ0v) is 20.3. The van der Waals surface area contributed by atoms with Crippen LogP contribution in [0.3, 0.4) is 0 Å². The second-order valence-corrected chi connectivity index (χ2v) is 7.12. The largest absolute Gasteiger partial charge is 0.497 e. The summed E-state index contributed by atoms with van der Waals surface area (Å²) in [5, 5.41) is 11.1. The van der Waals surface area contributed by atoms with Gasteiger partial charge in [0, 0.05) is 50.7 Å². The topological polar surface area (TPSA) is 75.9 Å². The third kappa shape index (κ3) is 7.35. The molecule has 30 heavy (non-hydrogen) atoms. The van der Waals surface area contributed by atoms with Crippen molar-refractivity contribution in [1.82, 2.24) is 25.3 Å². The number of guanidine groups is 1. The Morgan fingerprint density at radius 1 is 1.23 bits per heavy atom. The molecule has 1 fully saturated rings. The standard InChI is InChI=1S/C21H32N6O2.HI/c1-4-22-21(23-8-11-27-9-5-7-24-27)25-18-6-10-26(16-18)15-17-12-19(28-2)14-20(13-17)29-3;/h5,7,9,12-14,18H,4,6,8,10-11,15-16H2,1-3H3,(H2,22,23,25);1H. The van der Waals surface area contributed by atoms with Crippen molar-refractivity contribution < 1.29 is 9.47 Å². The van der Waals surface area contributed by atoms with Crippen LogP contribution < -0.4 is 20.1 Å². The number of hydrogen-bond donors (Lipinski definition) is 2. The highest BCUT2D eigenvalue weighted by Gasteiger charge is 2.23. The molecule has 1 saturated heterocycles. The summed E-state index contributed by atoms with van der Waals surface area (Å²) >= 11 is 0. The van der Waals surface area contributed by atoms with Crippen LogP contribution >= 0.6 is 24.0 Å². The number of ether oxygens (including phenoxy) is 2. The third-order valence-electron chi connectivity index (χ3n) is 4.93. The van der Waals surface area contributed by atoms with E-state index in [-0.39, 0.29) is 24.0 Å². The Morgan fingerprint density at radius 2 is 2.00 bits per heavy atom. The van der Waals surface area contributed by atoms with Gasteiger partial charge in [0.25, 0.3) is 0 Å². The average Bonchev–Trinajstić information content (AvgIpc) is 3.40. The molecule has 0 saturated carbocycles. The zero-order chi connectivity index (χ0) is 20.5. The van der Waals surface area contributed by atoms with Gasteiger partial charge in [0.15, 0.2) is 5.96 Å². The van der Waals surface area contributed by atoms with Crippen molar-refractivity contribution in [2.24, 2.45) is 4.99 Å². The molecule has 2 heterocycles. The molecule has 2 N–H and O–H groups in total. The molecule has 9 heteroatoms. The highest BCUT2D eigenvalue weighted by Crippen LogP contribution is 2.24. The number of nitrogens with one attached hydrogen (secondary N) is 2. The van der Waals surface area contributed by atoms with Crippen LogP contribution in [0.2, 0.25) is 0 Å². The summed E-state index contributed by atoms with van der Waals surface area (Å²) in [6, 6.07) is 8.36. The van der Waals surface area contributed by atoms with E-state index in [9.17, 15) is 0 Å². The van der Waals surface area contributed by atoms with Gasteiger partial charge in [-0.3, -0.25) is 14.6 Å². The van der Waals surface area contributed by atoms with Crippen LogP contribution in [-0.2, 0) is 13.1 Å². The third-order valence-corrected chi connectivity index (χ3v) is 4.93. The van der Waals surface area contributed by atoms with Crippen molar-refractivity contribution in [1.29, 1.82) is 0 Å². The van der Waals surface area contributed by atoms with Gasteiger partial charge in [0.05, 0.1) is 27.3 Å². The van der Waals surface area contributed by atoms with Crippen LogP contribution in [0.15, 0.2) is 41.7 Å². The number of nitrogens with zero attached hydrogens (tertiary/aromatic N) is 4. The summed E-state index contributed by atoms with van der Waals surface area (Å²) in [6.45, 7) is 7.29. The van der Waals surface area contributed by atoms with Gasteiger partial charge >= 0.3 is 0 Å². The number of aromatic nitrogens is 2. The van der Waals surface area contributed by atoms with Crippen LogP contribution in [0.25, 0.3) is 0 Å². The number of methoxy groups -OCH3 is 2. The fourth-order valence-corrected chi connectivity index (χ4v) is 3.52. The minimum atomic E-state index is 0. The summed E-state index contributed by atoms with van der Waals surface area (Å²) in [5.41, 5.74) is 1.20. The van der Waals surface area contributed by atoms with E-state index < -0.39 is 0 Å². The molecule has 0 spiro atoms. The van der Waals surface area contributed by atoms with E-state index in [2.05, 4.69) is 44.7 Å². The van der Waals surface area contributed by atoms with Crippen LogP contribution in [0, 0.1) is 0 Å². The highest BCUT2D eigenvalue weighted by molar-refractivity contribution is 14.0. The fraction of sp³-hybridized carbons (Fsp3) is 0.524. The smallest absolute Gasteiger partial charge is 0.191 e. The number of halogens is 1. The first-order valence-electron chi connectivity index (χ1n) is 10.2. The van der Waals surface area contributed by atoms with E-state index >= 15 is 0 Å². The molecular weight excluding hydrogens is 495 g/mol. The Bertz CT molecular complexity index is 762.